The molecule has 0 bridgehead atoms. The Hall–Kier alpha value is -11.2. The van der Waals surface area contributed by atoms with E-state index in [-0.39, 0.29) is 127 Å². The molecule has 0 aliphatic carbocycles. The second-order valence-electron chi connectivity index (χ2n) is 19.0. The van der Waals surface area contributed by atoms with E-state index >= 15 is 0 Å². The monoisotopic (exact) mass is 1160 g/mol. The summed E-state index contributed by atoms with van der Waals surface area (Å²) >= 11 is 0. The van der Waals surface area contributed by atoms with Crippen LogP contribution in [0.1, 0.15) is 106 Å². The zero-order valence-corrected chi connectivity index (χ0v) is 46.6. The third kappa shape index (κ3) is 15.8. The van der Waals surface area contributed by atoms with Crippen molar-refractivity contribution >= 4 is 99.6 Å². The fourth-order valence-corrected chi connectivity index (χ4v) is 8.21. The van der Waals surface area contributed by atoms with Gasteiger partial charge in [0, 0.05) is 144 Å². The number of carbonyl (C=O) groups is 11. The smallest absolute Gasteiger partial charge is 0.305 e. The highest BCUT2D eigenvalue weighted by Gasteiger charge is 2.23. The molecule has 442 valence electrons. The minimum atomic E-state index is -1.08. The third-order valence-corrected chi connectivity index (χ3v) is 12.3. The Morgan fingerprint density at radius 3 is 1.23 bits per heavy atom. The summed E-state index contributed by atoms with van der Waals surface area (Å²) in [6.45, 7) is -0.116. The van der Waals surface area contributed by atoms with E-state index in [2.05, 4.69) is 73.1 Å². The number of carboxylic acids is 1. The van der Waals surface area contributed by atoms with E-state index in [1.54, 1.807) is 59.2 Å². The number of aryl methyl sites for hydroxylation is 7. The van der Waals surface area contributed by atoms with Crippen molar-refractivity contribution in [1.29, 1.82) is 0 Å². The summed E-state index contributed by atoms with van der Waals surface area (Å²) in [5.74, 6) is -6.10. The Morgan fingerprint density at radius 2 is 0.762 bits per heavy atom. The fourth-order valence-electron chi connectivity index (χ4n) is 8.21. The molecule has 7 aromatic heterocycles. The van der Waals surface area contributed by atoms with Crippen molar-refractivity contribution in [3.8, 4) is 0 Å². The number of imidazole rings is 4. The van der Waals surface area contributed by atoms with Crippen LogP contribution in [0, 0.1) is 0 Å². The predicted molar refractivity (Wildman–Crippen MR) is 299 cm³/mol. The van der Waals surface area contributed by atoms with Crippen LogP contribution in [0.4, 0.5) is 34.5 Å². The topological polar surface area (TPSA) is 414 Å². The molecule has 84 heavy (non-hydrogen) atoms. The summed E-state index contributed by atoms with van der Waals surface area (Å²) in [5.41, 5.74) is 1.53. The molecule has 0 atom stereocenters. The Kier molecular flexibility index (Phi) is 19.4. The van der Waals surface area contributed by atoms with Crippen molar-refractivity contribution in [2.45, 2.75) is 32.1 Å². The SMILES string of the molecule is Cn1cc(NC(=O)c2nc(NC(=O)CCNC(=O)c3cc(NC(=O)c4nccn4C)cn3C)cn2C)cc1C(=O)NCCCC(=O)Nc1cn(C)c(C(=O)NCCC(=O)Nc2cc(C(=O)Nc3cn(C)c(C(=O)NCCC(=O)O)n3)n(C)c2)n1. The van der Waals surface area contributed by atoms with Gasteiger partial charge >= 0.3 is 5.97 Å². The minimum absolute atomic E-state index is 0.0192. The van der Waals surface area contributed by atoms with Gasteiger partial charge in [0.15, 0.2) is 23.3 Å². The Balaban J connectivity index is 0.774. The van der Waals surface area contributed by atoms with Gasteiger partial charge < -0.3 is 90.2 Å². The highest BCUT2D eigenvalue weighted by Crippen LogP contribution is 2.19. The number of aliphatic carboxylic acids is 1. The molecule has 7 heterocycles. The third-order valence-electron chi connectivity index (χ3n) is 12.3. The number of carboxylic acid groups (broad SMARTS) is 1. The van der Waals surface area contributed by atoms with E-state index in [0.29, 0.717) is 5.69 Å². The van der Waals surface area contributed by atoms with E-state index in [0.717, 1.165) is 0 Å². The zero-order chi connectivity index (χ0) is 60.9. The van der Waals surface area contributed by atoms with E-state index in [1.165, 1.54) is 89.8 Å². The van der Waals surface area contributed by atoms with Crippen molar-refractivity contribution < 1.29 is 57.8 Å². The van der Waals surface area contributed by atoms with Crippen LogP contribution < -0.4 is 53.2 Å². The molecule has 11 N–H and O–H groups in total. The van der Waals surface area contributed by atoms with E-state index in [4.69, 9.17) is 5.11 Å². The van der Waals surface area contributed by atoms with Crippen molar-refractivity contribution in [3.05, 3.63) is 108 Å². The molecule has 0 unspecified atom stereocenters. The maximum Gasteiger partial charge on any atom is 0.305 e. The summed E-state index contributed by atoms with van der Waals surface area (Å²) in [7, 11) is 11.1. The van der Waals surface area contributed by atoms with Crippen LogP contribution in [0.25, 0.3) is 0 Å². The number of hydrogen-bond acceptors (Lipinski definition) is 15. The van der Waals surface area contributed by atoms with E-state index < -0.39 is 65.0 Å². The van der Waals surface area contributed by atoms with Gasteiger partial charge in [0.05, 0.1) is 23.5 Å². The Morgan fingerprint density at radius 1 is 0.381 bits per heavy atom. The van der Waals surface area contributed by atoms with Crippen LogP contribution in [0.15, 0.2) is 67.8 Å². The maximum atomic E-state index is 13.2. The first-order valence-corrected chi connectivity index (χ1v) is 25.7. The quantitative estimate of drug-likeness (QED) is 0.0324. The summed E-state index contributed by atoms with van der Waals surface area (Å²) < 4.78 is 10.2. The molecule has 33 nitrogen and oxygen atoms in total. The molecule has 7 rings (SSSR count). The fraction of sp³-hybridized carbons (Fsp3) is 0.314. The molecule has 0 saturated heterocycles. The van der Waals surface area contributed by atoms with Crippen molar-refractivity contribution in [2.24, 2.45) is 49.3 Å². The number of amides is 10. The molecule has 7 aromatic rings. The molecule has 10 amide bonds. The second-order valence-corrected chi connectivity index (χ2v) is 19.0. The molecule has 0 saturated carbocycles. The number of nitrogens with one attached hydrogen (secondary N) is 10. The molecular formula is C51H61N21O12. The number of nitrogens with zero attached hydrogens (tertiary/aromatic N) is 11. The number of carbonyl (C=O) groups excluding carboxylic acids is 10. The molecule has 0 aromatic carbocycles. The van der Waals surface area contributed by atoms with E-state index in [9.17, 15) is 52.7 Å². The summed E-state index contributed by atoms with van der Waals surface area (Å²) in [4.78, 5) is 156. The lowest BCUT2D eigenvalue weighted by Gasteiger charge is -2.06. The van der Waals surface area contributed by atoms with Gasteiger partial charge in [-0.25, -0.2) is 19.9 Å². The van der Waals surface area contributed by atoms with Crippen LogP contribution >= 0.6 is 0 Å². The first-order valence-electron chi connectivity index (χ1n) is 25.7. The lowest BCUT2D eigenvalue weighted by atomic mass is 10.3. The van der Waals surface area contributed by atoms with Crippen LogP contribution in [-0.4, -0.2) is 148 Å². The van der Waals surface area contributed by atoms with Crippen molar-refractivity contribution in [3.63, 3.8) is 0 Å². The van der Waals surface area contributed by atoms with Gasteiger partial charge in [0.2, 0.25) is 35.2 Å². The van der Waals surface area contributed by atoms with E-state index in [1.807, 2.05) is 0 Å². The van der Waals surface area contributed by atoms with Crippen molar-refractivity contribution in [1.82, 2.24) is 73.2 Å². The van der Waals surface area contributed by atoms with Crippen LogP contribution in [0.5, 0.6) is 0 Å². The summed E-state index contributed by atoms with van der Waals surface area (Å²) in [5, 5.41) is 35.1. The lowest BCUT2D eigenvalue weighted by molar-refractivity contribution is -0.136. The molecule has 0 fully saturated rings. The normalized spacial score (nSPS) is 10.8. The van der Waals surface area contributed by atoms with Gasteiger partial charge in [0.1, 0.15) is 17.1 Å². The first-order chi connectivity index (χ1) is 39.9. The van der Waals surface area contributed by atoms with Gasteiger partial charge in [-0.1, -0.05) is 0 Å². The standard InChI is InChI=1S/C51H61N21O12/c1-66-18-17-52-41(66)50(83)58-29-20-32(68(3)23-29)46(79)54-14-11-39(75)61-35-26-72(7)44(63-35)51(84)59-30-21-31(67(2)24-30)45(78)53-13-8-9-37(73)60-34-25-70(5)42(62-34)48(81)55-15-10-38(74)57-28-19-33(69(4)22-28)47(80)65-36-27-71(6)43(64-36)49(82)56-16-12-40(76)77/h17-27H,8-16H2,1-7H3,(H,53,78)(H,54,79)(H,55,81)(H,56,82)(H,57,74)(H,58,83)(H,59,84)(H,60,73)(H,61,75)(H,65,80)(H,76,77). The van der Waals surface area contributed by atoms with Gasteiger partial charge in [0.25, 0.3) is 41.4 Å². The Bertz CT molecular complexity index is 3700. The molecule has 0 aliphatic rings. The Labute approximate surface area is 477 Å². The van der Waals surface area contributed by atoms with Gasteiger partial charge in [-0.05, 0) is 24.6 Å². The number of anilines is 6. The molecule has 0 radical (unpaired) electrons. The largest absolute Gasteiger partial charge is 0.481 e. The zero-order valence-electron chi connectivity index (χ0n) is 46.6. The molecule has 33 heteroatoms. The van der Waals surface area contributed by atoms with Crippen LogP contribution in [-0.2, 0) is 68.5 Å². The molecule has 0 spiro atoms. The van der Waals surface area contributed by atoms with Gasteiger partial charge in [-0.15, -0.1) is 0 Å². The average Bonchev–Trinajstić information content (AvgIpc) is 4.45. The number of hydrogen-bond donors (Lipinski definition) is 11. The average molecular weight is 1160 g/mol. The molecular weight excluding hydrogens is 1100 g/mol. The highest BCUT2D eigenvalue weighted by atomic mass is 16.4. The molecule has 0 aliphatic heterocycles. The van der Waals surface area contributed by atoms with Crippen molar-refractivity contribution in [2.75, 3.05) is 58.1 Å². The van der Waals surface area contributed by atoms with Gasteiger partial charge in [-0.2, -0.15) is 0 Å². The number of rotatable bonds is 26. The number of aromatic nitrogens is 11. The minimum Gasteiger partial charge on any atom is -0.481 e. The maximum absolute atomic E-state index is 13.2. The second kappa shape index (κ2) is 26.9. The first kappa shape index (κ1) is 60.5. The lowest BCUT2D eigenvalue weighted by Crippen LogP contribution is -2.29. The summed E-state index contributed by atoms with van der Waals surface area (Å²) in [6, 6.07) is 4.37. The van der Waals surface area contributed by atoms with Crippen LogP contribution in [0.2, 0.25) is 0 Å². The van der Waals surface area contributed by atoms with Crippen LogP contribution in [0.3, 0.4) is 0 Å². The highest BCUT2D eigenvalue weighted by molar-refractivity contribution is 6.06. The van der Waals surface area contributed by atoms with Gasteiger partial charge in [-0.3, -0.25) is 52.7 Å². The predicted octanol–water partition coefficient (Wildman–Crippen LogP) is 0.263. The summed E-state index contributed by atoms with van der Waals surface area (Å²) in [6.07, 6.45) is 11.6.